The first-order valence-corrected chi connectivity index (χ1v) is 15.2. The van der Waals surface area contributed by atoms with Crippen molar-refractivity contribution in [1.82, 2.24) is 19.9 Å². The second-order valence-electron chi connectivity index (χ2n) is 11.6. The van der Waals surface area contributed by atoms with Crippen LogP contribution in [0.3, 0.4) is 0 Å². The number of alkyl halides is 1. The van der Waals surface area contributed by atoms with E-state index in [2.05, 4.69) is 15.0 Å². The number of anilines is 2. The Balaban J connectivity index is 1.31. The number of thiophene rings is 1. The van der Waals surface area contributed by atoms with Gasteiger partial charge in [-0.25, -0.2) is 13.2 Å². The fourth-order valence-electron chi connectivity index (χ4n) is 6.94. The van der Waals surface area contributed by atoms with Gasteiger partial charge in [-0.2, -0.15) is 15.2 Å². The molecule has 43 heavy (non-hydrogen) atoms. The van der Waals surface area contributed by atoms with Crippen LogP contribution < -0.4 is 15.4 Å². The first-order valence-electron chi connectivity index (χ1n) is 15.4. The van der Waals surface area contributed by atoms with Gasteiger partial charge < -0.3 is 20.1 Å². The topological polar surface area (TPSA) is 113 Å². The molecule has 0 spiro atoms. The van der Waals surface area contributed by atoms with Gasteiger partial charge in [-0.1, -0.05) is 0 Å². The summed E-state index contributed by atoms with van der Waals surface area (Å²) in [6.45, 7) is -0.584. The highest BCUT2D eigenvalue weighted by molar-refractivity contribution is 7.23. The smallest absolute Gasteiger partial charge is 0.319 e. The molecule has 4 aliphatic rings. The zero-order chi connectivity index (χ0) is 31.2. The Labute approximate surface area is 251 Å². The third-order valence-corrected chi connectivity index (χ3v) is 10.0. The van der Waals surface area contributed by atoms with Crippen molar-refractivity contribution in [3.05, 3.63) is 35.5 Å². The van der Waals surface area contributed by atoms with Gasteiger partial charge in [0.05, 0.1) is 36.1 Å². The van der Waals surface area contributed by atoms with E-state index < -0.39 is 29.9 Å². The number of aromatic nitrogens is 3. The molecule has 0 amide bonds. The van der Waals surface area contributed by atoms with Crippen molar-refractivity contribution in [2.75, 3.05) is 43.4 Å². The maximum Gasteiger partial charge on any atom is 0.319 e. The van der Waals surface area contributed by atoms with Crippen molar-refractivity contribution in [3.63, 3.8) is 0 Å². The SMILES string of the molecule is [2H]C([2H])(Oc1nc(N2CCCO[C@@H]3C[C@@H]32)c2cnc(-c3ccc(F)c4sc(N)c(C#N)c34)c(F)c2n1)[C@@]12CCCN1C[C@H](F)C2. The largest absolute Gasteiger partial charge is 0.461 e. The van der Waals surface area contributed by atoms with Crippen molar-refractivity contribution < 1.29 is 25.4 Å². The molecular formula is C30H28F3N7O2S. The first kappa shape index (κ1) is 24.7. The summed E-state index contributed by atoms with van der Waals surface area (Å²) in [6.07, 6.45) is 2.78. The molecule has 2 N–H and O–H groups in total. The molecule has 4 aromatic rings. The molecule has 0 radical (unpaired) electrons. The normalized spacial score (nSPS) is 27.9. The Hall–Kier alpha value is -3.73. The standard InChI is InChI=1S/C30H28F3N7O2S/c31-15-10-30(5-1-6-39(30)13-15)14-42-29-37-25-18(28(38-29)40-7-2-8-41-21-9-20(21)40)12-36-24(23(25)33)16-3-4-19(32)26-22(16)17(11-34)27(35)43-26/h3-4,12,15,20-21H,1-2,5-10,13-14,35H2/t15-,20+,21-,30+/m1/s1/i14D2. The van der Waals surface area contributed by atoms with Gasteiger partial charge in [0.2, 0.25) is 0 Å². The lowest BCUT2D eigenvalue weighted by atomic mass is 9.95. The zero-order valence-electron chi connectivity index (χ0n) is 24.9. The van der Waals surface area contributed by atoms with Crippen LogP contribution in [0, 0.1) is 23.0 Å². The average Bonchev–Trinajstić information content (AvgIpc) is 3.41. The van der Waals surface area contributed by atoms with Gasteiger partial charge in [0.1, 0.15) is 46.6 Å². The van der Waals surface area contributed by atoms with E-state index >= 15 is 4.39 Å². The fraction of sp³-hybridized carbons (Fsp3) is 0.467. The summed E-state index contributed by atoms with van der Waals surface area (Å²) in [5.41, 5.74) is 4.66. The Bertz CT molecular complexity index is 1920. The molecule has 13 heteroatoms. The summed E-state index contributed by atoms with van der Waals surface area (Å²) in [5.74, 6) is -1.13. The van der Waals surface area contributed by atoms with Crippen molar-refractivity contribution >= 4 is 43.1 Å². The lowest BCUT2D eigenvalue weighted by Crippen LogP contribution is -2.43. The molecule has 0 unspecified atom stereocenters. The molecule has 3 aliphatic heterocycles. The summed E-state index contributed by atoms with van der Waals surface area (Å²) in [7, 11) is 0. The molecule has 3 aromatic heterocycles. The lowest BCUT2D eigenvalue weighted by Gasteiger charge is -2.31. The van der Waals surface area contributed by atoms with Crippen molar-refractivity contribution in [3.8, 4) is 23.3 Å². The molecule has 222 valence electrons. The summed E-state index contributed by atoms with van der Waals surface area (Å²) in [4.78, 5) is 17.3. The highest BCUT2D eigenvalue weighted by atomic mass is 32.1. The van der Waals surface area contributed by atoms with Gasteiger partial charge in [0.25, 0.3) is 0 Å². The van der Waals surface area contributed by atoms with Gasteiger partial charge in [-0.05, 0) is 44.4 Å². The first-order chi connectivity index (χ1) is 21.6. The van der Waals surface area contributed by atoms with Crippen LogP contribution in [-0.2, 0) is 4.74 Å². The summed E-state index contributed by atoms with van der Waals surface area (Å²) < 4.78 is 76.0. The number of benzene rings is 1. The Morgan fingerprint density at radius 3 is 3.02 bits per heavy atom. The molecule has 3 saturated heterocycles. The van der Waals surface area contributed by atoms with Crippen LogP contribution in [0.15, 0.2) is 18.3 Å². The quantitative estimate of drug-likeness (QED) is 0.335. The number of fused-ring (bicyclic) bond motifs is 4. The zero-order valence-corrected chi connectivity index (χ0v) is 23.8. The number of halogens is 3. The average molecular weight is 610 g/mol. The number of ether oxygens (including phenoxy) is 2. The Morgan fingerprint density at radius 2 is 2.16 bits per heavy atom. The van der Waals surface area contributed by atoms with Crippen molar-refractivity contribution in [1.29, 1.82) is 5.26 Å². The van der Waals surface area contributed by atoms with Gasteiger partial charge in [-0.3, -0.25) is 9.88 Å². The second-order valence-corrected chi connectivity index (χ2v) is 12.7. The van der Waals surface area contributed by atoms with Gasteiger partial charge >= 0.3 is 6.01 Å². The number of nitriles is 1. The van der Waals surface area contributed by atoms with Gasteiger partial charge in [-0.15, -0.1) is 11.3 Å². The minimum Gasteiger partial charge on any atom is -0.461 e. The van der Waals surface area contributed by atoms with Crippen LogP contribution in [-0.4, -0.2) is 76.5 Å². The molecule has 4 atom stereocenters. The van der Waals surface area contributed by atoms with Crippen LogP contribution in [0.25, 0.3) is 32.2 Å². The number of hydrogen-bond acceptors (Lipinski definition) is 10. The van der Waals surface area contributed by atoms with E-state index in [9.17, 15) is 14.0 Å². The van der Waals surface area contributed by atoms with E-state index in [1.807, 2.05) is 11.0 Å². The third kappa shape index (κ3) is 4.22. The predicted molar refractivity (Wildman–Crippen MR) is 156 cm³/mol. The Kier molecular flexibility index (Phi) is 5.68. The van der Waals surface area contributed by atoms with Gasteiger partial charge in [0, 0.05) is 43.3 Å². The third-order valence-electron chi connectivity index (χ3n) is 9.01. The molecule has 1 aliphatic carbocycles. The number of nitrogens with zero attached hydrogens (tertiary/aromatic N) is 6. The lowest BCUT2D eigenvalue weighted by molar-refractivity contribution is 0.107. The minimum atomic E-state index is -2.38. The highest BCUT2D eigenvalue weighted by Gasteiger charge is 2.50. The van der Waals surface area contributed by atoms with Crippen LogP contribution in [0.5, 0.6) is 6.01 Å². The number of nitrogen functional groups attached to an aromatic ring is 1. The monoisotopic (exact) mass is 609 g/mol. The highest BCUT2D eigenvalue weighted by Crippen LogP contribution is 2.44. The number of pyridine rings is 1. The van der Waals surface area contributed by atoms with Crippen LogP contribution in [0.4, 0.5) is 24.0 Å². The fourth-order valence-corrected chi connectivity index (χ4v) is 7.89. The summed E-state index contributed by atoms with van der Waals surface area (Å²) >= 11 is 0.898. The maximum atomic E-state index is 16.7. The van der Waals surface area contributed by atoms with Crippen molar-refractivity contribution in [2.24, 2.45) is 0 Å². The summed E-state index contributed by atoms with van der Waals surface area (Å²) in [5, 5.41) is 10.3. The minimum absolute atomic E-state index is 0.00253. The van der Waals surface area contributed by atoms with E-state index in [-0.39, 0.29) is 73.9 Å². The molecule has 6 heterocycles. The molecule has 8 rings (SSSR count). The van der Waals surface area contributed by atoms with E-state index in [0.29, 0.717) is 44.8 Å². The van der Waals surface area contributed by atoms with Crippen LogP contribution >= 0.6 is 11.3 Å². The number of nitrogens with two attached hydrogens (primary N) is 1. The van der Waals surface area contributed by atoms with E-state index in [1.165, 1.54) is 18.3 Å². The molecule has 9 nitrogen and oxygen atoms in total. The number of rotatable bonds is 5. The summed E-state index contributed by atoms with van der Waals surface area (Å²) in [6, 6.07) is 4.13. The van der Waals surface area contributed by atoms with Crippen molar-refractivity contribution in [2.45, 2.75) is 56.0 Å². The van der Waals surface area contributed by atoms with Crippen LogP contribution in [0.2, 0.25) is 0 Å². The molecule has 0 bridgehead atoms. The van der Waals surface area contributed by atoms with Gasteiger partial charge in [0.15, 0.2) is 5.82 Å². The predicted octanol–water partition coefficient (Wildman–Crippen LogP) is 4.96. The van der Waals surface area contributed by atoms with E-state index in [4.69, 9.17) is 17.9 Å². The molecular weight excluding hydrogens is 579 g/mol. The maximum absolute atomic E-state index is 16.7. The van der Waals surface area contributed by atoms with Crippen LogP contribution in [0.1, 0.15) is 40.4 Å². The van der Waals surface area contributed by atoms with E-state index in [1.54, 1.807) is 4.90 Å². The molecule has 1 aromatic carbocycles. The molecule has 4 fully saturated rings. The number of hydrogen-bond donors (Lipinski definition) is 1. The van der Waals surface area contributed by atoms with E-state index in [0.717, 1.165) is 17.8 Å². The second kappa shape index (κ2) is 9.90. The Morgan fingerprint density at radius 1 is 1.28 bits per heavy atom. The molecule has 1 saturated carbocycles.